The number of hydrogen-bond donors (Lipinski definition) is 1. The highest BCUT2D eigenvalue weighted by molar-refractivity contribution is 6.10. The monoisotopic (exact) mass is 462 g/mol. The average Bonchev–Trinajstić information content (AvgIpc) is 3.06. The zero-order valence-electron chi connectivity index (χ0n) is 18.6. The van der Waals surface area contributed by atoms with E-state index >= 15 is 0 Å². The van der Waals surface area contributed by atoms with Crippen molar-refractivity contribution >= 4 is 29.0 Å². The maximum atomic E-state index is 13.6. The van der Waals surface area contributed by atoms with Crippen LogP contribution in [0.5, 0.6) is 0 Å². The number of carbonyl (C=O) groups is 2. The highest BCUT2D eigenvalue weighted by Gasteiger charge is 2.49. The number of fused-ring (bicyclic) bond motifs is 2. The zero-order chi connectivity index (χ0) is 24.1. The predicted molar refractivity (Wildman–Crippen MR) is 117 cm³/mol. The number of β-amino-alcohol motifs (C(OH)–C–C–N with tert-alkyl or cyclic N) is 1. The van der Waals surface area contributed by atoms with Crippen molar-refractivity contribution in [1.82, 2.24) is 4.98 Å². The van der Waals surface area contributed by atoms with Crippen LogP contribution in [0.15, 0.2) is 30.3 Å². The topological polar surface area (TPSA) is 77.0 Å². The van der Waals surface area contributed by atoms with Gasteiger partial charge in [0.1, 0.15) is 11.9 Å². The number of nitrogens with zero attached hydrogens (tertiary/aromatic N) is 4. The van der Waals surface area contributed by atoms with Gasteiger partial charge >= 0.3 is 6.18 Å². The number of anilines is 3. The van der Waals surface area contributed by atoms with Crippen molar-refractivity contribution in [3.8, 4) is 0 Å². The van der Waals surface area contributed by atoms with Crippen molar-refractivity contribution in [2.24, 2.45) is 5.92 Å². The number of benzene rings is 1. The molecule has 1 N–H and O–H groups in total. The van der Waals surface area contributed by atoms with Crippen LogP contribution in [0.25, 0.3) is 0 Å². The summed E-state index contributed by atoms with van der Waals surface area (Å²) in [4.78, 5) is 35.4. The molecule has 0 spiro atoms. The first-order valence-corrected chi connectivity index (χ1v) is 10.6. The van der Waals surface area contributed by atoms with Gasteiger partial charge in [-0.15, -0.1) is 0 Å². The van der Waals surface area contributed by atoms with Crippen molar-refractivity contribution in [1.29, 1.82) is 0 Å². The summed E-state index contributed by atoms with van der Waals surface area (Å²) >= 11 is 0. The number of pyridine rings is 1. The van der Waals surface area contributed by atoms with Gasteiger partial charge in [-0.05, 0) is 37.6 Å². The van der Waals surface area contributed by atoms with Gasteiger partial charge in [0.25, 0.3) is 0 Å². The van der Waals surface area contributed by atoms with Gasteiger partial charge in [0, 0.05) is 38.2 Å². The van der Waals surface area contributed by atoms with E-state index < -0.39 is 35.5 Å². The van der Waals surface area contributed by atoms with Gasteiger partial charge in [-0.1, -0.05) is 12.1 Å². The minimum absolute atomic E-state index is 0.00956. The number of para-hydroxylation sites is 1. The Labute approximate surface area is 189 Å². The minimum Gasteiger partial charge on any atom is -0.395 e. The minimum atomic E-state index is -4.61. The summed E-state index contributed by atoms with van der Waals surface area (Å²) < 4.78 is 40.3. The zero-order valence-corrected chi connectivity index (χ0v) is 18.6. The van der Waals surface area contributed by atoms with Crippen LogP contribution in [-0.4, -0.2) is 54.7 Å². The largest absolute Gasteiger partial charge is 0.416 e. The molecule has 1 fully saturated rings. The van der Waals surface area contributed by atoms with Gasteiger partial charge in [-0.25, -0.2) is 4.98 Å². The third-order valence-electron chi connectivity index (χ3n) is 6.25. The van der Waals surface area contributed by atoms with Gasteiger partial charge in [0.05, 0.1) is 23.5 Å². The average molecular weight is 462 g/mol. The van der Waals surface area contributed by atoms with Crippen molar-refractivity contribution in [3.63, 3.8) is 0 Å². The van der Waals surface area contributed by atoms with E-state index in [-0.39, 0.29) is 31.1 Å². The predicted octanol–water partition coefficient (Wildman–Crippen LogP) is 2.91. The maximum Gasteiger partial charge on any atom is 0.416 e. The Balaban J connectivity index is 1.83. The van der Waals surface area contributed by atoms with E-state index in [0.717, 1.165) is 28.3 Å². The molecule has 0 aliphatic carbocycles. The fourth-order valence-corrected chi connectivity index (χ4v) is 4.83. The number of rotatable bonds is 3. The first-order valence-electron chi connectivity index (χ1n) is 10.6. The molecule has 1 aromatic carbocycles. The van der Waals surface area contributed by atoms with Crippen LogP contribution < -0.4 is 14.7 Å². The molecule has 1 aromatic heterocycles. The molecule has 10 heteroatoms. The van der Waals surface area contributed by atoms with E-state index in [9.17, 15) is 27.9 Å². The maximum absolute atomic E-state index is 13.6. The molecule has 3 heterocycles. The summed E-state index contributed by atoms with van der Waals surface area (Å²) in [7, 11) is 1.59. The van der Waals surface area contributed by atoms with E-state index in [1.165, 1.54) is 11.8 Å². The molecule has 4 rings (SSSR count). The highest BCUT2D eigenvalue weighted by Crippen LogP contribution is 2.41. The number of aliphatic hydroxyl groups excluding tert-OH is 1. The number of hydrogen-bond acceptors (Lipinski definition) is 5. The number of aryl methyl sites for hydroxylation is 2. The van der Waals surface area contributed by atoms with E-state index in [1.54, 1.807) is 13.1 Å². The number of amides is 2. The van der Waals surface area contributed by atoms with E-state index in [2.05, 4.69) is 4.98 Å². The Morgan fingerprint density at radius 2 is 1.91 bits per heavy atom. The quantitative estimate of drug-likeness (QED) is 0.759. The molecule has 176 valence electrons. The summed E-state index contributed by atoms with van der Waals surface area (Å²) in [5.41, 5.74) is 1.50. The molecular weight excluding hydrogens is 437 g/mol. The number of aromatic nitrogens is 1. The molecule has 0 radical (unpaired) electrons. The van der Waals surface area contributed by atoms with Crippen molar-refractivity contribution in [2.75, 3.05) is 41.4 Å². The highest BCUT2D eigenvalue weighted by atomic mass is 19.4. The van der Waals surface area contributed by atoms with Crippen molar-refractivity contribution in [2.45, 2.75) is 32.5 Å². The molecule has 33 heavy (non-hydrogen) atoms. The standard InChI is InChI=1S/C23H25F3N4O3/c1-13-5-4-6-17-20(13)29(7-8-31)12-15-10-19(32)30(21(15)22(33)28(17)3)18-11-16(23(24,25)26)9-14(2)27-18/h4-6,9,11,15,21,31H,7-8,10,12H2,1-3H3/t15-,21+/m1/s1. The third-order valence-corrected chi connectivity index (χ3v) is 6.25. The number of halogens is 3. The summed E-state index contributed by atoms with van der Waals surface area (Å²) in [6.45, 7) is 3.78. The summed E-state index contributed by atoms with van der Waals surface area (Å²) in [5, 5.41) is 9.66. The number of alkyl halides is 3. The van der Waals surface area contributed by atoms with Gasteiger partial charge in [-0.2, -0.15) is 13.2 Å². The molecular formula is C23H25F3N4O3. The second kappa shape index (κ2) is 8.33. The smallest absolute Gasteiger partial charge is 0.395 e. The normalized spacial score (nSPS) is 21.1. The van der Waals surface area contributed by atoms with Crippen LogP contribution >= 0.6 is 0 Å². The molecule has 2 aliphatic rings. The Kier molecular flexibility index (Phi) is 5.81. The molecule has 2 aliphatic heterocycles. The summed E-state index contributed by atoms with van der Waals surface area (Å²) in [6, 6.07) is 6.22. The first kappa shape index (κ1) is 23.0. The van der Waals surface area contributed by atoms with Crippen LogP contribution in [0, 0.1) is 19.8 Å². The summed E-state index contributed by atoms with van der Waals surface area (Å²) in [5.74, 6) is -1.51. The first-order chi connectivity index (χ1) is 15.5. The molecule has 0 saturated carbocycles. The number of likely N-dealkylation sites (N-methyl/N-ethyl adjacent to an activating group) is 1. The number of carbonyl (C=O) groups excluding carboxylic acids is 2. The van der Waals surface area contributed by atoms with Gasteiger partial charge in [0.15, 0.2) is 0 Å². The van der Waals surface area contributed by atoms with Crippen LogP contribution in [0.3, 0.4) is 0 Å². The molecule has 1 saturated heterocycles. The van der Waals surface area contributed by atoms with Crippen LogP contribution in [0.4, 0.5) is 30.4 Å². The Hall–Kier alpha value is -3.14. The summed E-state index contributed by atoms with van der Waals surface area (Å²) in [6.07, 6.45) is -4.62. The lowest BCUT2D eigenvalue weighted by Gasteiger charge is -2.39. The molecule has 2 atom stereocenters. The fraction of sp³-hybridized carbons (Fsp3) is 0.435. The van der Waals surface area contributed by atoms with E-state index in [0.29, 0.717) is 12.2 Å². The lowest BCUT2D eigenvalue weighted by Crippen LogP contribution is -2.52. The number of aliphatic hydroxyl groups is 1. The van der Waals surface area contributed by atoms with E-state index in [1.807, 2.05) is 24.0 Å². The molecule has 2 amide bonds. The fourth-order valence-electron chi connectivity index (χ4n) is 4.83. The Bertz CT molecular complexity index is 1100. The van der Waals surface area contributed by atoms with Gasteiger partial charge in [-0.3, -0.25) is 14.5 Å². The third kappa shape index (κ3) is 4.03. The lowest BCUT2D eigenvalue weighted by atomic mass is 9.95. The van der Waals surface area contributed by atoms with Crippen molar-refractivity contribution in [3.05, 3.63) is 47.2 Å². The molecule has 0 bridgehead atoms. The lowest BCUT2D eigenvalue weighted by molar-refractivity contribution is -0.137. The van der Waals surface area contributed by atoms with Gasteiger partial charge < -0.3 is 14.9 Å². The van der Waals surface area contributed by atoms with Crippen LogP contribution in [0.1, 0.15) is 23.2 Å². The Morgan fingerprint density at radius 1 is 1.18 bits per heavy atom. The van der Waals surface area contributed by atoms with Crippen molar-refractivity contribution < 1.29 is 27.9 Å². The molecule has 0 unspecified atom stereocenters. The SMILES string of the molecule is Cc1cc(C(F)(F)F)cc(N2C(=O)C[C@@H]3CN(CCO)c4c(C)cccc4N(C)C(=O)[C@H]32)n1. The van der Waals surface area contributed by atoms with Crippen LogP contribution in [-0.2, 0) is 15.8 Å². The van der Waals surface area contributed by atoms with Gasteiger partial charge in [0.2, 0.25) is 11.8 Å². The van der Waals surface area contributed by atoms with E-state index in [4.69, 9.17) is 0 Å². The second-order valence-electron chi connectivity index (χ2n) is 8.54. The molecule has 7 nitrogen and oxygen atoms in total. The van der Waals surface area contributed by atoms with Crippen LogP contribution in [0.2, 0.25) is 0 Å². The molecule has 2 aromatic rings. The Morgan fingerprint density at radius 3 is 2.58 bits per heavy atom. The second-order valence-corrected chi connectivity index (χ2v) is 8.54.